The Morgan fingerprint density at radius 1 is 1.08 bits per heavy atom. The van der Waals surface area contributed by atoms with Crippen LogP contribution in [-0.4, -0.2) is 27.7 Å². The van der Waals surface area contributed by atoms with Gasteiger partial charge in [-0.3, -0.25) is 9.39 Å². The van der Waals surface area contributed by atoms with Crippen LogP contribution in [0.4, 0.5) is 4.39 Å². The van der Waals surface area contributed by atoms with Gasteiger partial charge < -0.3 is 4.74 Å². The molecule has 0 bridgehead atoms. The molecule has 0 unspecified atom stereocenters. The van der Waals surface area contributed by atoms with E-state index in [1.807, 2.05) is 56.5 Å². The minimum absolute atomic E-state index is 0.194. The molecule has 0 saturated carbocycles. The number of ether oxygens (including phenoxy) is 1. The molecular formula is C21H22FN3O. The Bertz CT molecular complexity index is 1050. The van der Waals surface area contributed by atoms with Crippen molar-refractivity contribution in [2.75, 3.05) is 7.11 Å². The molecule has 0 aliphatic carbocycles. The van der Waals surface area contributed by atoms with Crippen LogP contribution >= 0.6 is 0 Å². The molecule has 1 aliphatic heterocycles. The first-order valence-electron chi connectivity index (χ1n) is 8.67. The predicted octanol–water partition coefficient (Wildman–Crippen LogP) is 4.39. The topological polar surface area (TPSA) is 38.9 Å². The number of hydrogen-bond acceptors (Lipinski definition) is 3. The van der Waals surface area contributed by atoms with Gasteiger partial charge in [-0.1, -0.05) is 26.0 Å². The average Bonchev–Trinajstić information content (AvgIpc) is 3.00. The molecule has 3 heterocycles. The zero-order chi connectivity index (χ0) is 18.7. The Morgan fingerprint density at radius 3 is 2.58 bits per heavy atom. The average molecular weight is 351 g/mol. The molecule has 0 atom stereocenters. The van der Waals surface area contributed by atoms with Crippen LogP contribution in [0.15, 0.2) is 47.7 Å². The first-order chi connectivity index (χ1) is 12.3. The molecule has 0 amide bonds. The second kappa shape index (κ2) is 5.40. The van der Waals surface area contributed by atoms with E-state index in [4.69, 9.17) is 9.73 Å². The number of benzene rings is 1. The van der Waals surface area contributed by atoms with Gasteiger partial charge in [0.1, 0.15) is 11.5 Å². The second-order valence-electron chi connectivity index (χ2n) is 7.75. The van der Waals surface area contributed by atoms with Crippen molar-refractivity contribution in [1.82, 2.24) is 9.38 Å². The highest BCUT2D eigenvalue weighted by Crippen LogP contribution is 2.44. The fourth-order valence-corrected chi connectivity index (χ4v) is 3.61. The maximum atomic E-state index is 14.8. The van der Waals surface area contributed by atoms with E-state index in [2.05, 4.69) is 4.98 Å². The SMILES string of the molecule is COc1ccc2ncc(C3=NC(C)(C)C(C)(C)c4c(F)cccc43)cn12. The van der Waals surface area contributed by atoms with Gasteiger partial charge in [0.2, 0.25) is 0 Å². The lowest BCUT2D eigenvalue weighted by molar-refractivity contribution is 0.293. The first-order valence-corrected chi connectivity index (χ1v) is 8.67. The summed E-state index contributed by atoms with van der Waals surface area (Å²) in [5.74, 6) is 0.505. The molecule has 0 saturated heterocycles. The van der Waals surface area contributed by atoms with Crippen molar-refractivity contribution in [3.63, 3.8) is 0 Å². The Morgan fingerprint density at radius 2 is 1.85 bits per heavy atom. The third-order valence-corrected chi connectivity index (χ3v) is 5.76. The fraction of sp³-hybridized carbons (Fsp3) is 0.333. The van der Waals surface area contributed by atoms with Gasteiger partial charge in [0, 0.05) is 40.6 Å². The van der Waals surface area contributed by atoms with E-state index < -0.39 is 11.0 Å². The summed E-state index contributed by atoms with van der Waals surface area (Å²) in [6, 6.07) is 8.96. The number of hydrogen-bond donors (Lipinski definition) is 0. The minimum atomic E-state index is -0.465. The number of methoxy groups -OCH3 is 1. The molecule has 5 heteroatoms. The summed E-state index contributed by atoms with van der Waals surface area (Å²) in [6.07, 6.45) is 3.74. The third-order valence-electron chi connectivity index (χ3n) is 5.76. The number of halogens is 1. The van der Waals surface area contributed by atoms with Crippen molar-refractivity contribution in [2.24, 2.45) is 4.99 Å². The summed E-state index contributed by atoms with van der Waals surface area (Å²) in [7, 11) is 1.63. The monoisotopic (exact) mass is 351 g/mol. The highest BCUT2D eigenvalue weighted by Gasteiger charge is 2.45. The molecule has 0 spiro atoms. The van der Waals surface area contributed by atoms with Crippen LogP contribution in [-0.2, 0) is 5.41 Å². The van der Waals surface area contributed by atoms with Crippen molar-refractivity contribution in [3.05, 3.63) is 65.2 Å². The van der Waals surface area contributed by atoms with E-state index in [0.717, 1.165) is 22.5 Å². The van der Waals surface area contributed by atoms with Crippen LogP contribution in [0.1, 0.15) is 44.4 Å². The van der Waals surface area contributed by atoms with E-state index in [0.29, 0.717) is 11.4 Å². The number of aromatic nitrogens is 2. The molecule has 3 aromatic rings. The molecule has 4 nitrogen and oxygen atoms in total. The van der Waals surface area contributed by atoms with Crippen LogP contribution in [0.3, 0.4) is 0 Å². The summed E-state index contributed by atoms with van der Waals surface area (Å²) in [5, 5.41) is 0. The Kier molecular flexibility index (Phi) is 3.48. The van der Waals surface area contributed by atoms with Gasteiger partial charge in [-0.25, -0.2) is 9.37 Å². The van der Waals surface area contributed by atoms with Crippen LogP contribution < -0.4 is 4.74 Å². The molecule has 0 fully saturated rings. The van der Waals surface area contributed by atoms with E-state index in [9.17, 15) is 4.39 Å². The minimum Gasteiger partial charge on any atom is -0.482 e. The second-order valence-corrected chi connectivity index (χ2v) is 7.75. The first kappa shape index (κ1) is 16.8. The van der Waals surface area contributed by atoms with Crippen molar-refractivity contribution in [3.8, 4) is 5.88 Å². The molecule has 4 rings (SSSR count). The van der Waals surface area contributed by atoms with E-state index in [1.165, 1.54) is 6.07 Å². The normalized spacial score (nSPS) is 17.7. The van der Waals surface area contributed by atoms with Crippen LogP contribution in [0.5, 0.6) is 5.88 Å². The predicted molar refractivity (Wildman–Crippen MR) is 101 cm³/mol. The standard InChI is InChI=1S/C21H22FN3O/c1-20(2)18-14(7-6-8-15(18)22)19(24-21(20,3)4)13-11-23-16-9-10-17(26-5)25(16)12-13/h6-12H,1-5H3. The number of rotatable bonds is 2. The van der Waals surface area contributed by atoms with Gasteiger partial charge in [0.15, 0.2) is 5.88 Å². The molecule has 2 aromatic heterocycles. The van der Waals surface area contributed by atoms with E-state index in [-0.39, 0.29) is 5.82 Å². The zero-order valence-corrected chi connectivity index (χ0v) is 15.7. The van der Waals surface area contributed by atoms with Crippen molar-refractivity contribution < 1.29 is 9.13 Å². The number of fused-ring (bicyclic) bond motifs is 2. The number of aliphatic imine (C=N–C) groups is 1. The fourth-order valence-electron chi connectivity index (χ4n) is 3.61. The molecule has 1 aromatic carbocycles. The van der Waals surface area contributed by atoms with Crippen LogP contribution in [0.2, 0.25) is 0 Å². The lowest BCUT2D eigenvalue weighted by Crippen LogP contribution is -2.46. The maximum Gasteiger partial charge on any atom is 0.199 e. The Balaban J connectivity index is 2.00. The summed E-state index contributed by atoms with van der Waals surface area (Å²) in [4.78, 5) is 9.53. The van der Waals surface area contributed by atoms with E-state index >= 15 is 0 Å². The van der Waals surface area contributed by atoms with Gasteiger partial charge in [-0.15, -0.1) is 0 Å². The summed E-state index contributed by atoms with van der Waals surface area (Å²) in [6.45, 7) is 8.19. The van der Waals surface area contributed by atoms with Crippen LogP contribution in [0, 0.1) is 5.82 Å². The van der Waals surface area contributed by atoms with Gasteiger partial charge in [0.25, 0.3) is 0 Å². The van der Waals surface area contributed by atoms with E-state index in [1.54, 1.807) is 19.4 Å². The van der Waals surface area contributed by atoms with Gasteiger partial charge in [0.05, 0.1) is 18.4 Å². The summed E-state index contributed by atoms with van der Waals surface area (Å²) >= 11 is 0. The van der Waals surface area contributed by atoms with Crippen molar-refractivity contribution in [2.45, 2.75) is 38.6 Å². The largest absolute Gasteiger partial charge is 0.482 e. The summed E-state index contributed by atoms with van der Waals surface area (Å²) < 4.78 is 22.1. The van der Waals surface area contributed by atoms with Crippen molar-refractivity contribution >= 4 is 11.4 Å². The lowest BCUT2D eigenvalue weighted by atomic mass is 9.65. The molecule has 0 radical (unpaired) electrons. The Hall–Kier alpha value is -2.69. The molecule has 134 valence electrons. The number of nitrogens with zero attached hydrogens (tertiary/aromatic N) is 3. The summed E-state index contributed by atoms with van der Waals surface area (Å²) in [5.41, 5.74) is 3.02. The van der Waals surface area contributed by atoms with Crippen molar-refractivity contribution in [1.29, 1.82) is 0 Å². The highest BCUT2D eigenvalue weighted by atomic mass is 19.1. The third kappa shape index (κ3) is 2.19. The smallest absolute Gasteiger partial charge is 0.199 e. The van der Waals surface area contributed by atoms with Gasteiger partial charge in [-0.05, 0) is 26.0 Å². The molecule has 26 heavy (non-hydrogen) atoms. The van der Waals surface area contributed by atoms with Crippen LogP contribution in [0.25, 0.3) is 5.65 Å². The highest BCUT2D eigenvalue weighted by molar-refractivity contribution is 6.14. The molecule has 1 aliphatic rings. The Labute approximate surface area is 152 Å². The maximum absolute atomic E-state index is 14.8. The quantitative estimate of drug-likeness (QED) is 0.687. The molecule has 0 N–H and O–H groups in total. The van der Waals surface area contributed by atoms with Gasteiger partial charge >= 0.3 is 0 Å². The lowest BCUT2D eigenvalue weighted by Gasteiger charge is -2.44. The van der Waals surface area contributed by atoms with Gasteiger partial charge in [-0.2, -0.15) is 0 Å². The molecular weight excluding hydrogens is 329 g/mol. The zero-order valence-electron chi connectivity index (χ0n) is 15.7.